The average molecular weight is 451 g/mol. The standard InChI is InChI=1S/C34H23F/c35-24-19-20-31-32(21-24)34(28-18-8-12-23-10-2-4-14-26(23)28)30-16-6-5-15-29(30)33(31)27-17-7-11-22-9-1-3-13-25(22)27/h1,3-9,11-21H,2,10H2. The van der Waals surface area contributed by atoms with Gasteiger partial charge in [0.25, 0.3) is 0 Å². The number of allylic oxidation sites excluding steroid dienone is 1. The van der Waals surface area contributed by atoms with Crippen molar-refractivity contribution < 1.29 is 4.39 Å². The normalized spacial score (nSPS) is 12.9. The smallest absolute Gasteiger partial charge is 0.123 e. The predicted octanol–water partition coefficient (Wildman–Crippen LogP) is 9.58. The van der Waals surface area contributed by atoms with Gasteiger partial charge in [-0.15, -0.1) is 0 Å². The van der Waals surface area contributed by atoms with Crippen molar-refractivity contribution in [2.75, 3.05) is 0 Å². The summed E-state index contributed by atoms with van der Waals surface area (Å²) in [6.45, 7) is 0. The van der Waals surface area contributed by atoms with Gasteiger partial charge in [-0.3, -0.25) is 0 Å². The van der Waals surface area contributed by atoms with E-state index in [-0.39, 0.29) is 5.82 Å². The SMILES string of the molecule is Fc1ccc2c(-c3cccc4ccccc34)c3ccccc3c(-c3cccc4c3C=CCC4)c2c1. The molecule has 6 aromatic rings. The van der Waals surface area contributed by atoms with E-state index in [1.165, 1.54) is 38.4 Å². The lowest BCUT2D eigenvalue weighted by Gasteiger charge is -2.21. The van der Waals surface area contributed by atoms with Gasteiger partial charge >= 0.3 is 0 Å². The molecule has 0 bridgehead atoms. The Labute approximate surface area is 204 Å². The van der Waals surface area contributed by atoms with E-state index in [1.807, 2.05) is 6.07 Å². The zero-order valence-corrected chi connectivity index (χ0v) is 19.3. The fourth-order valence-corrected chi connectivity index (χ4v) is 5.86. The van der Waals surface area contributed by atoms with Crippen LogP contribution in [0.2, 0.25) is 0 Å². The quantitative estimate of drug-likeness (QED) is 0.230. The summed E-state index contributed by atoms with van der Waals surface area (Å²) < 4.78 is 14.8. The molecule has 0 atom stereocenters. The van der Waals surface area contributed by atoms with Crippen LogP contribution < -0.4 is 0 Å². The second-order valence-corrected chi connectivity index (χ2v) is 9.33. The van der Waals surface area contributed by atoms with E-state index >= 15 is 0 Å². The third-order valence-electron chi connectivity index (χ3n) is 7.38. The molecule has 1 heteroatoms. The number of benzene rings is 6. The summed E-state index contributed by atoms with van der Waals surface area (Å²) in [5, 5.41) is 6.79. The Morgan fingerprint density at radius 1 is 0.543 bits per heavy atom. The highest BCUT2D eigenvalue weighted by atomic mass is 19.1. The number of rotatable bonds is 2. The van der Waals surface area contributed by atoms with Crippen molar-refractivity contribution >= 4 is 38.4 Å². The monoisotopic (exact) mass is 450 g/mol. The van der Waals surface area contributed by atoms with Crippen molar-refractivity contribution in [3.05, 3.63) is 126 Å². The molecule has 0 spiro atoms. The van der Waals surface area contributed by atoms with E-state index in [9.17, 15) is 4.39 Å². The summed E-state index contributed by atoms with van der Waals surface area (Å²) in [5.74, 6) is -0.210. The van der Waals surface area contributed by atoms with Crippen molar-refractivity contribution in [3.8, 4) is 22.3 Å². The Balaban J connectivity index is 1.69. The minimum Gasteiger partial charge on any atom is -0.207 e. The van der Waals surface area contributed by atoms with E-state index in [1.54, 1.807) is 12.1 Å². The molecular formula is C34H23F. The molecule has 0 radical (unpaired) electrons. The van der Waals surface area contributed by atoms with Crippen molar-refractivity contribution in [1.82, 2.24) is 0 Å². The number of fused-ring (bicyclic) bond motifs is 4. The third-order valence-corrected chi connectivity index (χ3v) is 7.38. The summed E-state index contributed by atoms with van der Waals surface area (Å²) >= 11 is 0. The van der Waals surface area contributed by atoms with Gasteiger partial charge < -0.3 is 0 Å². The fourth-order valence-electron chi connectivity index (χ4n) is 5.86. The zero-order valence-electron chi connectivity index (χ0n) is 19.3. The van der Waals surface area contributed by atoms with Gasteiger partial charge in [0, 0.05) is 0 Å². The lowest BCUT2D eigenvalue weighted by molar-refractivity contribution is 0.630. The molecule has 1 aliphatic rings. The second kappa shape index (κ2) is 7.92. The van der Waals surface area contributed by atoms with Gasteiger partial charge in [-0.05, 0) is 90.7 Å². The highest BCUT2D eigenvalue weighted by molar-refractivity contribution is 6.24. The average Bonchev–Trinajstić information content (AvgIpc) is 2.91. The molecule has 0 saturated heterocycles. The molecule has 166 valence electrons. The fraction of sp³-hybridized carbons (Fsp3) is 0.0588. The van der Waals surface area contributed by atoms with Crippen LogP contribution in [0.4, 0.5) is 4.39 Å². The summed E-state index contributed by atoms with van der Waals surface area (Å²) in [6, 6.07) is 35.4. The molecular weight excluding hydrogens is 427 g/mol. The summed E-state index contributed by atoms with van der Waals surface area (Å²) in [7, 11) is 0. The van der Waals surface area contributed by atoms with Crippen molar-refractivity contribution in [1.29, 1.82) is 0 Å². The first-order valence-corrected chi connectivity index (χ1v) is 12.2. The van der Waals surface area contributed by atoms with Crippen molar-refractivity contribution in [3.63, 3.8) is 0 Å². The zero-order chi connectivity index (χ0) is 23.4. The van der Waals surface area contributed by atoms with E-state index in [0.717, 1.165) is 40.1 Å². The first-order valence-electron chi connectivity index (χ1n) is 12.2. The molecule has 0 saturated carbocycles. The van der Waals surface area contributed by atoms with Crippen LogP contribution in [0.3, 0.4) is 0 Å². The van der Waals surface area contributed by atoms with Crippen LogP contribution in [0.15, 0.2) is 109 Å². The Bertz CT molecular complexity index is 1800. The maximum Gasteiger partial charge on any atom is 0.123 e. The van der Waals surface area contributed by atoms with Crippen LogP contribution in [-0.2, 0) is 6.42 Å². The first-order chi connectivity index (χ1) is 17.3. The molecule has 0 unspecified atom stereocenters. The number of aryl methyl sites for hydroxylation is 1. The van der Waals surface area contributed by atoms with Gasteiger partial charge in [0.15, 0.2) is 0 Å². The minimum atomic E-state index is -0.210. The highest BCUT2D eigenvalue weighted by Crippen LogP contribution is 2.46. The van der Waals surface area contributed by atoms with Gasteiger partial charge in [-0.2, -0.15) is 0 Å². The summed E-state index contributed by atoms with van der Waals surface area (Å²) in [5.41, 5.74) is 7.25. The van der Waals surface area contributed by atoms with E-state index in [4.69, 9.17) is 0 Å². The molecule has 0 amide bonds. The highest BCUT2D eigenvalue weighted by Gasteiger charge is 2.20. The molecule has 0 aliphatic heterocycles. The van der Waals surface area contributed by atoms with Crippen LogP contribution in [0, 0.1) is 5.82 Å². The molecule has 0 N–H and O–H groups in total. The molecule has 0 fully saturated rings. The third kappa shape index (κ3) is 3.12. The second-order valence-electron chi connectivity index (χ2n) is 9.33. The minimum absolute atomic E-state index is 0.210. The lowest BCUT2D eigenvalue weighted by Crippen LogP contribution is -1.98. The molecule has 1 aliphatic carbocycles. The lowest BCUT2D eigenvalue weighted by atomic mass is 9.82. The Morgan fingerprint density at radius 2 is 1.20 bits per heavy atom. The molecule has 35 heavy (non-hydrogen) atoms. The Morgan fingerprint density at radius 3 is 2.06 bits per heavy atom. The van der Waals surface area contributed by atoms with Crippen molar-refractivity contribution in [2.45, 2.75) is 12.8 Å². The van der Waals surface area contributed by atoms with Crippen LogP contribution in [0.25, 0.3) is 60.6 Å². The predicted molar refractivity (Wildman–Crippen MR) is 147 cm³/mol. The Hall–Kier alpha value is -4.23. The van der Waals surface area contributed by atoms with E-state index < -0.39 is 0 Å². The van der Waals surface area contributed by atoms with Gasteiger partial charge in [-0.1, -0.05) is 103 Å². The van der Waals surface area contributed by atoms with Gasteiger partial charge in [0.1, 0.15) is 5.82 Å². The van der Waals surface area contributed by atoms with Crippen LogP contribution in [0.5, 0.6) is 0 Å². The summed E-state index contributed by atoms with van der Waals surface area (Å²) in [4.78, 5) is 0. The number of hydrogen-bond acceptors (Lipinski definition) is 0. The molecule has 0 heterocycles. The van der Waals surface area contributed by atoms with Crippen LogP contribution >= 0.6 is 0 Å². The van der Waals surface area contributed by atoms with Crippen LogP contribution in [-0.4, -0.2) is 0 Å². The largest absolute Gasteiger partial charge is 0.207 e. The molecule has 0 aromatic heterocycles. The number of halogens is 1. The Kier molecular flexibility index (Phi) is 4.57. The number of hydrogen-bond donors (Lipinski definition) is 0. The topological polar surface area (TPSA) is 0 Å². The maximum atomic E-state index is 14.8. The van der Waals surface area contributed by atoms with Gasteiger partial charge in [0.2, 0.25) is 0 Å². The summed E-state index contributed by atoms with van der Waals surface area (Å²) in [6.07, 6.45) is 6.60. The maximum absolute atomic E-state index is 14.8. The molecule has 6 aromatic carbocycles. The van der Waals surface area contributed by atoms with E-state index in [2.05, 4.69) is 97.1 Å². The van der Waals surface area contributed by atoms with Crippen molar-refractivity contribution in [2.24, 2.45) is 0 Å². The molecule has 0 nitrogen and oxygen atoms in total. The van der Waals surface area contributed by atoms with Gasteiger partial charge in [0.05, 0.1) is 0 Å². The van der Waals surface area contributed by atoms with Crippen LogP contribution in [0.1, 0.15) is 17.5 Å². The first kappa shape index (κ1) is 20.2. The van der Waals surface area contributed by atoms with E-state index in [0.29, 0.717) is 0 Å². The van der Waals surface area contributed by atoms with Gasteiger partial charge in [-0.25, -0.2) is 4.39 Å². The molecule has 7 rings (SSSR count).